The molecule has 1 aromatic heterocycles. The minimum absolute atomic E-state index is 0.0250. The van der Waals surface area contributed by atoms with Crippen LogP contribution in [-0.2, 0) is 16.4 Å². The number of nitrogens with zero attached hydrogens (tertiary/aromatic N) is 2. The zero-order valence-electron chi connectivity index (χ0n) is 18.9. The zero-order chi connectivity index (χ0) is 24.7. The third-order valence-electron chi connectivity index (χ3n) is 5.03. The fourth-order valence-corrected chi connectivity index (χ4v) is 4.90. The van der Waals surface area contributed by atoms with E-state index in [0.717, 1.165) is 0 Å². The molecule has 0 bridgehead atoms. The van der Waals surface area contributed by atoms with E-state index in [4.69, 9.17) is 4.74 Å². The molecule has 0 fully saturated rings. The number of halogens is 1. The van der Waals surface area contributed by atoms with Crippen LogP contribution in [0.1, 0.15) is 22.8 Å². The fraction of sp³-hybridized carbons (Fsp3) is 0.200. The van der Waals surface area contributed by atoms with Gasteiger partial charge in [0.1, 0.15) is 11.6 Å². The number of hydrogen-bond donors (Lipinski definition) is 1. The van der Waals surface area contributed by atoms with Crippen LogP contribution in [0.4, 0.5) is 10.1 Å². The van der Waals surface area contributed by atoms with Crippen molar-refractivity contribution < 1.29 is 22.3 Å². The summed E-state index contributed by atoms with van der Waals surface area (Å²) in [6, 6.07) is 13.4. The van der Waals surface area contributed by atoms with Crippen molar-refractivity contribution >= 4 is 21.4 Å². The SMILES string of the molecule is C=CC(Nc1cnccc1OCC)S(=O)(=O)c1ccccc1C(=O)N(C)Cc1ccc(F)cc1. The maximum absolute atomic E-state index is 13.6. The number of nitrogens with one attached hydrogen (secondary N) is 1. The number of hydrogen-bond acceptors (Lipinski definition) is 6. The van der Waals surface area contributed by atoms with E-state index in [2.05, 4.69) is 16.9 Å². The predicted molar refractivity (Wildman–Crippen MR) is 129 cm³/mol. The van der Waals surface area contributed by atoms with Crippen molar-refractivity contribution in [3.63, 3.8) is 0 Å². The summed E-state index contributed by atoms with van der Waals surface area (Å²) in [6.45, 7) is 6.06. The van der Waals surface area contributed by atoms with E-state index in [1.807, 2.05) is 6.92 Å². The lowest BCUT2D eigenvalue weighted by molar-refractivity contribution is 0.0781. The van der Waals surface area contributed by atoms with Crippen LogP contribution in [0.25, 0.3) is 0 Å². The predicted octanol–water partition coefficient (Wildman–Crippen LogP) is 4.29. The summed E-state index contributed by atoms with van der Waals surface area (Å²) in [4.78, 5) is 18.5. The van der Waals surface area contributed by atoms with E-state index >= 15 is 0 Å². The lowest BCUT2D eigenvalue weighted by Crippen LogP contribution is -2.32. The maximum atomic E-state index is 13.6. The molecule has 2 aromatic carbocycles. The standard InChI is InChI=1S/C25H26FN3O4S/c1-4-24(28-21-16-27-15-14-22(21)33-5-2)34(31,32)23-9-7-6-8-20(23)25(30)29(3)17-18-10-12-19(26)13-11-18/h4,6-16,24,28H,1,5,17H2,2-3H3. The van der Waals surface area contributed by atoms with Crippen molar-refractivity contribution in [3.05, 3.63) is 96.6 Å². The third kappa shape index (κ3) is 5.60. The molecule has 0 spiro atoms. The van der Waals surface area contributed by atoms with Crippen LogP contribution in [-0.4, -0.2) is 43.2 Å². The highest BCUT2D eigenvalue weighted by atomic mass is 32.2. The molecule has 0 radical (unpaired) electrons. The van der Waals surface area contributed by atoms with E-state index in [9.17, 15) is 17.6 Å². The van der Waals surface area contributed by atoms with Crippen LogP contribution in [0.5, 0.6) is 5.75 Å². The first kappa shape index (κ1) is 24.9. The van der Waals surface area contributed by atoms with Gasteiger partial charge in [0.15, 0.2) is 5.37 Å². The van der Waals surface area contributed by atoms with Crippen LogP contribution >= 0.6 is 0 Å². The van der Waals surface area contributed by atoms with Gasteiger partial charge in [0.25, 0.3) is 5.91 Å². The molecule has 1 heterocycles. The zero-order valence-corrected chi connectivity index (χ0v) is 19.8. The van der Waals surface area contributed by atoms with Crippen molar-refractivity contribution in [1.82, 2.24) is 9.88 Å². The van der Waals surface area contributed by atoms with Gasteiger partial charge in [-0.1, -0.05) is 36.9 Å². The van der Waals surface area contributed by atoms with Crippen molar-refractivity contribution in [2.24, 2.45) is 0 Å². The summed E-state index contributed by atoms with van der Waals surface area (Å²) in [5.74, 6) is -0.413. The van der Waals surface area contributed by atoms with Gasteiger partial charge in [-0.2, -0.15) is 0 Å². The van der Waals surface area contributed by atoms with E-state index in [1.165, 1.54) is 41.4 Å². The summed E-state index contributed by atoms with van der Waals surface area (Å²) in [5.41, 5.74) is 1.12. The minimum atomic E-state index is -4.08. The Morgan fingerprint density at radius 1 is 1.21 bits per heavy atom. The molecule has 0 aliphatic rings. The molecular formula is C25H26FN3O4S. The Hall–Kier alpha value is -3.72. The van der Waals surface area contributed by atoms with E-state index in [0.29, 0.717) is 23.6 Å². The monoisotopic (exact) mass is 483 g/mol. The second kappa shape index (κ2) is 10.9. The minimum Gasteiger partial charge on any atom is -0.492 e. The number of ether oxygens (including phenoxy) is 1. The average Bonchev–Trinajstić information content (AvgIpc) is 2.84. The maximum Gasteiger partial charge on any atom is 0.255 e. The number of anilines is 1. The van der Waals surface area contributed by atoms with E-state index < -0.39 is 21.1 Å². The number of pyridine rings is 1. The molecule has 0 aliphatic heterocycles. The molecule has 3 rings (SSSR count). The molecule has 3 aromatic rings. The van der Waals surface area contributed by atoms with Crippen molar-refractivity contribution in [1.29, 1.82) is 0 Å². The van der Waals surface area contributed by atoms with Gasteiger partial charge >= 0.3 is 0 Å². The highest BCUT2D eigenvalue weighted by Gasteiger charge is 2.30. The summed E-state index contributed by atoms with van der Waals surface area (Å²) in [5, 5.41) is 1.66. The molecule has 178 valence electrons. The second-order valence-corrected chi connectivity index (χ2v) is 9.47. The fourth-order valence-electron chi connectivity index (χ4n) is 3.36. The first-order valence-corrected chi connectivity index (χ1v) is 12.1. The number of benzene rings is 2. The number of amides is 1. The van der Waals surface area contributed by atoms with Crippen LogP contribution in [0.3, 0.4) is 0 Å². The Morgan fingerprint density at radius 2 is 1.91 bits per heavy atom. The number of carbonyl (C=O) groups is 1. The highest BCUT2D eigenvalue weighted by Crippen LogP contribution is 2.28. The lowest BCUT2D eigenvalue weighted by atomic mass is 10.1. The van der Waals surface area contributed by atoms with Crippen LogP contribution in [0, 0.1) is 5.82 Å². The van der Waals surface area contributed by atoms with Crippen LogP contribution in [0.2, 0.25) is 0 Å². The number of aromatic nitrogens is 1. The first-order valence-electron chi connectivity index (χ1n) is 10.6. The first-order chi connectivity index (χ1) is 16.3. The highest BCUT2D eigenvalue weighted by molar-refractivity contribution is 7.92. The smallest absolute Gasteiger partial charge is 0.255 e. The van der Waals surface area contributed by atoms with Gasteiger partial charge in [-0.05, 0) is 36.8 Å². The number of sulfone groups is 1. The Kier molecular flexibility index (Phi) is 8.01. The number of rotatable bonds is 10. The Bertz CT molecular complexity index is 1260. The average molecular weight is 484 g/mol. The summed E-state index contributed by atoms with van der Waals surface area (Å²) < 4.78 is 45.9. The molecule has 9 heteroatoms. The number of carbonyl (C=O) groups excluding carboxylic acids is 1. The Labute approximate surface area is 198 Å². The van der Waals surface area contributed by atoms with Gasteiger partial charge in [0, 0.05) is 25.9 Å². The van der Waals surface area contributed by atoms with Gasteiger partial charge in [-0.15, -0.1) is 0 Å². The van der Waals surface area contributed by atoms with Gasteiger partial charge in [0.2, 0.25) is 9.84 Å². The van der Waals surface area contributed by atoms with Crippen molar-refractivity contribution in [2.45, 2.75) is 23.7 Å². The molecule has 0 saturated carbocycles. The van der Waals surface area contributed by atoms with Crippen LogP contribution < -0.4 is 10.1 Å². The van der Waals surface area contributed by atoms with Crippen LogP contribution in [0.15, 0.2) is 84.5 Å². The molecular weight excluding hydrogens is 457 g/mol. The van der Waals surface area contributed by atoms with Gasteiger partial charge in [-0.25, -0.2) is 12.8 Å². The molecule has 1 atom stereocenters. The lowest BCUT2D eigenvalue weighted by Gasteiger charge is -2.22. The molecule has 7 nitrogen and oxygen atoms in total. The molecule has 34 heavy (non-hydrogen) atoms. The third-order valence-corrected chi connectivity index (χ3v) is 6.98. The summed E-state index contributed by atoms with van der Waals surface area (Å²) in [6.07, 6.45) is 4.25. The van der Waals surface area contributed by atoms with E-state index in [-0.39, 0.29) is 22.8 Å². The molecule has 0 saturated heterocycles. The van der Waals surface area contributed by atoms with Gasteiger partial charge in [0.05, 0.1) is 29.0 Å². The molecule has 1 N–H and O–H groups in total. The topological polar surface area (TPSA) is 88.6 Å². The Morgan fingerprint density at radius 3 is 2.59 bits per heavy atom. The van der Waals surface area contributed by atoms with Crippen molar-refractivity contribution in [3.8, 4) is 5.75 Å². The molecule has 1 amide bonds. The largest absolute Gasteiger partial charge is 0.492 e. The molecule has 1 unspecified atom stereocenters. The molecule has 0 aliphatic carbocycles. The van der Waals surface area contributed by atoms with Gasteiger partial charge < -0.3 is 15.0 Å². The normalized spacial score (nSPS) is 12.0. The van der Waals surface area contributed by atoms with Gasteiger partial charge in [-0.3, -0.25) is 9.78 Å². The van der Waals surface area contributed by atoms with E-state index in [1.54, 1.807) is 43.6 Å². The summed E-state index contributed by atoms with van der Waals surface area (Å²) >= 11 is 0. The Balaban J connectivity index is 1.91. The summed E-state index contributed by atoms with van der Waals surface area (Å²) in [7, 11) is -2.52. The quantitative estimate of drug-likeness (QED) is 0.433. The van der Waals surface area contributed by atoms with Crippen molar-refractivity contribution in [2.75, 3.05) is 19.0 Å². The second-order valence-electron chi connectivity index (χ2n) is 7.43.